The second-order valence-electron chi connectivity index (χ2n) is 3.11. The van der Waals surface area contributed by atoms with Crippen LogP contribution in [0, 0.1) is 0 Å². The first-order valence-corrected chi connectivity index (χ1v) is 4.60. The molecule has 0 amide bonds. The van der Waals surface area contributed by atoms with E-state index in [2.05, 4.69) is 15.1 Å². The molecule has 0 saturated heterocycles. The van der Waals surface area contributed by atoms with Crippen LogP contribution in [0.1, 0.15) is 16.2 Å². The molecule has 0 N–H and O–H groups in total. The minimum atomic E-state index is -0.237. The number of hydrogen-bond acceptors (Lipinski definition) is 5. The summed E-state index contributed by atoms with van der Waals surface area (Å²) in [5, 5.41) is 3.96. The molecule has 6 heteroatoms. The Morgan fingerprint density at radius 3 is 2.94 bits per heavy atom. The van der Waals surface area contributed by atoms with E-state index in [1.165, 1.54) is 30.5 Å². The maximum atomic E-state index is 12.1. The fourth-order valence-electron chi connectivity index (χ4n) is 1.37. The minimum Gasteiger partial charge on any atom is -0.493 e. The summed E-state index contributed by atoms with van der Waals surface area (Å²) in [5.74, 6) is 0.199. The molecule has 82 valence electrons. The molecule has 16 heavy (non-hydrogen) atoms. The fourth-order valence-corrected chi connectivity index (χ4v) is 1.37. The first-order valence-electron chi connectivity index (χ1n) is 4.60. The van der Waals surface area contributed by atoms with Crippen molar-refractivity contribution in [3.05, 3.63) is 36.2 Å². The zero-order valence-electron chi connectivity index (χ0n) is 8.91. The van der Waals surface area contributed by atoms with Crippen LogP contribution in [0.25, 0.3) is 0 Å². The molecule has 0 aliphatic carbocycles. The second-order valence-corrected chi connectivity index (χ2v) is 3.11. The summed E-state index contributed by atoms with van der Waals surface area (Å²) in [7, 11) is 3.17. The van der Waals surface area contributed by atoms with Crippen LogP contribution in [0.15, 0.2) is 24.8 Å². The number of aromatic nitrogens is 4. The Labute approximate surface area is 91.9 Å². The third-order valence-electron chi connectivity index (χ3n) is 2.15. The highest BCUT2D eigenvalue weighted by Gasteiger charge is 2.20. The summed E-state index contributed by atoms with van der Waals surface area (Å²) in [4.78, 5) is 19.7. The van der Waals surface area contributed by atoms with Gasteiger partial charge in [0.15, 0.2) is 11.4 Å². The van der Waals surface area contributed by atoms with Crippen molar-refractivity contribution in [2.24, 2.45) is 7.05 Å². The lowest BCUT2D eigenvalue weighted by Crippen LogP contribution is -2.11. The van der Waals surface area contributed by atoms with Gasteiger partial charge in [0, 0.05) is 13.2 Å². The van der Waals surface area contributed by atoms with Crippen LogP contribution in [0.5, 0.6) is 5.75 Å². The molecular formula is C10H10N4O2. The van der Waals surface area contributed by atoms with Crippen LogP contribution in [-0.2, 0) is 7.05 Å². The Hall–Kier alpha value is -2.24. The van der Waals surface area contributed by atoms with E-state index in [0.29, 0.717) is 17.1 Å². The quantitative estimate of drug-likeness (QED) is 0.699. The first kappa shape index (κ1) is 10.3. The summed E-state index contributed by atoms with van der Waals surface area (Å²) in [6, 6.07) is 1.55. The van der Waals surface area contributed by atoms with E-state index in [-0.39, 0.29) is 5.78 Å². The number of ether oxygens (including phenoxy) is 1. The fraction of sp³-hybridized carbons (Fsp3) is 0.200. The van der Waals surface area contributed by atoms with Crippen molar-refractivity contribution in [3.8, 4) is 5.75 Å². The second kappa shape index (κ2) is 4.09. The van der Waals surface area contributed by atoms with Crippen molar-refractivity contribution in [3.63, 3.8) is 0 Å². The smallest absolute Gasteiger partial charge is 0.233 e. The average Bonchev–Trinajstić information content (AvgIpc) is 2.70. The molecule has 2 aromatic heterocycles. The van der Waals surface area contributed by atoms with Gasteiger partial charge in [-0.15, -0.1) is 0 Å². The Balaban J connectivity index is 2.45. The van der Waals surface area contributed by atoms with Gasteiger partial charge in [0.1, 0.15) is 12.0 Å². The van der Waals surface area contributed by atoms with E-state index in [1.54, 1.807) is 13.1 Å². The third kappa shape index (κ3) is 1.65. The van der Waals surface area contributed by atoms with E-state index in [0.717, 1.165) is 0 Å². The standard InChI is InChI=1S/C10H10N4O2/c1-14-9(8(16-2)5-13-14)10(15)7-3-4-11-6-12-7/h3-6H,1-2H3. The third-order valence-corrected chi connectivity index (χ3v) is 2.15. The van der Waals surface area contributed by atoms with Crippen LogP contribution < -0.4 is 4.74 Å². The van der Waals surface area contributed by atoms with Gasteiger partial charge in [0.05, 0.1) is 13.3 Å². The number of nitrogens with zero attached hydrogens (tertiary/aromatic N) is 4. The molecule has 0 saturated carbocycles. The number of carbonyl (C=O) groups is 1. The van der Waals surface area contributed by atoms with Crippen LogP contribution >= 0.6 is 0 Å². The lowest BCUT2D eigenvalue weighted by molar-refractivity contribution is 0.102. The van der Waals surface area contributed by atoms with E-state index in [1.807, 2.05) is 0 Å². The molecular weight excluding hydrogens is 208 g/mol. The van der Waals surface area contributed by atoms with Gasteiger partial charge >= 0.3 is 0 Å². The molecule has 0 radical (unpaired) electrons. The predicted octanol–water partition coefficient (Wildman–Crippen LogP) is 0.450. The molecule has 0 atom stereocenters. The molecule has 0 aliphatic rings. The number of hydrogen-bond donors (Lipinski definition) is 0. The zero-order chi connectivity index (χ0) is 11.5. The number of carbonyl (C=O) groups excluding carboxylic acids is 1. The largest absolute Gasteiger partial charge is 0.493 e. The van der Waals surface area contributed by atoms with Crippen molar-refractivity contribution in [1.82, 2.24) is 19.7 Å². The molecule has 6 nitrogen and oxygen atoms in total. The van der Waals surface area contributed by atoms with Gasteiger partial charge in [-0.2, -0.15) is 5.10 Å². The van der Waals surface area contributed by atoms with E-state index < -0.39 is 0 Å². The lowest BCUT2D eigenvalue weighted by Gasteiger charge is -2.03. The van der Waals surface area contributed by atoms with Gasteiger partial charge < -0.3 is 4.74 Å². The van der Waals surface area contributed by atoms with Gasteiger partial charge in [-0.1, -0.05) is 0 Å². The summed E-state index contributed by atoms with van der Waals surface area (Å²) in [6.45, 7) is 0. The van der Waals surface area contributed by atoms with Gasteiger partial charge in [-0.3, -0.25) is 9.48 Å². The Bertz CT molecular complexity index is 507. The van der Waals surface area contributed by atoms with Gasteiger partial charge in [0.25, 0.3) is 0 Å². The topological polar surface area (TPSA) is 69.9 Å². The van der Waals surface area contributed by atoms with Gasteiger partial charge in [-0.05, 0) is 6.07 Å². The number of ketones is 1. The Morgan fingerprint density at radius 2 is 2.31 bits per heavy atom. The SMILES string of the molecule is COc1cnn(C)c1C(=O)c1ccncn1. The molecule has 0 aliphatic heterocycles. The Morgan fingerprint density at radius 1 is 1.50 bits per heavy atom. The monoisotopic (exact) mass is 218 g/mol. The van der Waals surface area contributed by atoms with E-state index >= 15 is 0 Å². The van der Waals surface area contributed by atoms with Crippen molar-refractivity contribution in [1.29, 1.82) is 0 Å². The molecule has 2 rings (SSSR count). The first-order chi connectivity index (χ1) is 7.74. The van der Waals surface area contributed by atoms with Gasteiger partial charge in [0.2, 0.25) is 5.78 Å². The van der Waals surface area contributed by atoms with Crippen molar-refractivity contribution < 1.29 is 9.53 Å². The van der Waals surface area contributed by atoms with Crippen LogP contribution in [0.2, 0.25) is 0 Å². The molecule has 2 aromatic rings. The summed E-state index contributed by atoms with van der Waals surface area (Å²) in [5.41, 5.74) is 0.693. The highest BCUT2D eigenvalue weighted by atomic mass is 16.5. The molecule has 0 spiro atoms. The lowest BCUT2D eigenvalue weighted by atomic mass is 10.2. The van der Waals surface area contributed by atoms with Crippen molar-refractivity contribution >= 4 is 5.78 Å². The summed E-state index contributed by atoms with van der Waals surface area (Å²) >= 11 is 0. The summed E-state index contributed by atoms with van der Waals surface area (Å²) < 4.78 is 6.52. The van der Waals surface area contributed by atoms with Crippen LogP contribution in [0.4, 0.5) is 0 Å². The number of rotatable bonds is 3. The molecule has 2 heterocycles. The average molecular weight is 218 g/mol. The molecule has 0 fully saturated rings. The maximum absolute atomic E-state index is 12.1. The van der Waals surface area contributed by atoms with Crippen molar-refractivity contribution in [2.75, 3.05) is 7.11 Å². The van der Waals surface area contributed by atoms with Gasteiger partial charge in [-0.25, -0.2) is 9.97 Å². The highest BCUT2D eigenvalue weighted by molar-refractivity contribution is 6.08. The molecule has 0 unspecified atom stereocenters. The molecule has 0 bridgehead atoms. The zero-order valence-corrected chi connectivity index (χ0v) is 8.91. The van der Waals surface area contributed by atoms with Crippen LogP contribution in [-0.4, -0.2) is 32.6 Å². The van der Waals surface area contributed by atoms with Crippen LogP contribution in [0.3, 0.4) is 0 Å². The van der Waals surface area contributed by atoms with E-state index in [4.69, 9.17) is 4.74 Å². The number of methoxy groups -OCH3 is 1. The Kier molecular flexibility index (Phi) is 2.63. The normalized spacial score (nSPS) is 10.1. The maximum Gasteiger partial charge on any atom is 0.233 e. The van der Waals surface area contributed by atoms with Crippen molar-refractivity contribution in [2.45, 2.75) is 0 Å². The number of aryl methyl sites for hydroxylation is 1. The summed E-state index contributed by atoms with van der Waals surface area (Å²) in [6.07, 6.45) is 4.34. The highest BCUT2D eigenvalue weighted by Crippen LogP contribution is 2.19. The minimum absolute atomic E-state index is 0.237. The predicted molar refractivity (Wildman–Crippen MR) is 55.2 cm³/mol. The van der Waals surface area contributed by atoms with E-state index in [9.17, 15) is 4.79 Å². The molecule has 0 aromatic carbocycles.